The van der Waals surface area contributed by atoms with Gasteiger partial charge in [-0.15, -0.1) is 0 Å². The van der Waals surface area contributed by atoms with Crippen molar-refractivity contribution in [1.29, 1.82) is 0 Å². The second kappa shape index (κ2) is 7.86. The smallest absolute Gasteiger partial charge is 0.224 e. The van der Waals surface area contributed by atoms with E-state index in [0.717, 1.165) is 12.1 Å². The van der Waals surface area contributed by atoms with E-state index in [9.17, 15) is 13.2 Å². The van der Waals surface area contributed by atoms with Gasteiger partial charge in [0.15, 0.2) is 0 Å². The van der Waals surface area contributed by atoms with Crippen LogP contribution >= 0.6 is 0 Å². The molecule has 7 heteroatoms. The summed E-state index contributed by atoms with van der Waals surface area (Å²) >= 11 is 0. The van der Waals surface area contributed by atoms with Crippen LogP contribution in [0.2, 0.25) is 0 Å². The lowest BCUT2D eigenvalue weighted by Crippen LogP contribution is -2.10. The molecule has 3 rings (SSSR count). The largest absolute Gasteiger partial charge is 0.354 e. The van der Waals surface area contributed by atoms with Gasteiger partial charge in [-0.1, -0.05) is 24.3 Å². The number of rotatable bonds is 6. The Hall–Kier alpha value is -3.09. The summed E-state index contributed by atoms with van der Waals surface area (Å²) in [6, 6.07) is 11.7. The van der Waals surface area contributed by atoms with E-state index in [4.69, 9.17) is 0 Å². The third-order valence-corrected chi connectivity index (χ3v) is 3.71. The maximum absolute atomic E-state index is 13.8. The van der Waals surface area contributed by atoms with Crippen molar-refractivity contribution in [1.82, 2.24) is 9.97 Å². The molecular formula is C19H17F3N4. The molecule has 0 amide bonds. The van der Waals surface area contributed by atoms with Gasteiger partial charge in [-0.2, -0.15) is 4.98 Å². The van der Waals surface area contributed by atoms with Crippen LogP contribution in [0.25, 0.3) is 0 Å². The third kappa shape index (κ3) is 4.30. The summed E-state index contributed by atoms with van der Waals surface area (Å²) in [6.07, 6.45) is 0.453. The Balaban J connectivity index is 1.71. The highest BCUT2D eigenvalue weighted by molar-refractivity contribution is 5.59. The lowest BCUT2D eigenvalue weighted by atomic mass is 10.1. The van der Waals surface area contributed by atoms with Crippen LogP contribution in [0.15, 0.2) is 48.5 Å². The SMILES string of the molecule is Cc1cc(Nc2c(F)cccc2F)nc(NCCc2ccccc2F)n1. The Morgan fingerprint density at radius 3 is 2.31 bits per heavy atom. The summed E-state index contributed by atoms with van der Waals surface area (Å²) in [4.78, 5) is 8.43. The average Bonchev–Trinajstić information content (AvgIpc) is 2.60. The number of anilines is 3. The summed E-state index contributed by atoms with van der Waals surface area (Å²) < 4.78 is 41.2. The molecule has 0 fully saturated rings. The van der Waals surface area contributed by atoms with Crippen molar-refractivity contribution in [3.8, 4) is 0 Å². The molecule has 0 aliphatic carbocycles. The summed E-state index contributed by atoms with van der Waals surface area (Å²) in [7, 11) is 0. The molecular weight excluding hydrogens is 341 g/mol. The zero-order chi connectivity index (χ0) is 18.5. The summed E-state index contributed by atoms with van der Waals surface area (Å²) in [5.74, 6) is -1.14. The first-order chi connectivity index (χ1) is 12.5. The first kappa shape index (κ1) is 17.7. The van der Waals surface area contributed by atoms with Gasteiger partial charge in [0.05, 0.1) is 0 Å². The number of benzene rings is 2. The fourth-order valence-corrected chi connectivity index (χ4v) is 2.47. The van der Waals surface area contributed by atoms with Crippen LogP contribution in [0.1, 0.15) is 11.3 Å². The van der Waals surface area contributed by atoms with Crippen LogP contribution in [-0.4, -0.2) is 16.5 Å². The van der Waals surface area contributed by atoms with Crippen molar-refractivity contribution >= 4 is 17.5 Å². The Morgan fingerprint density at radius 2 is 1.58 bits per heavy atom. The highest BCUT2D eigenvalue weighted by Crippen LogP contribution is 2.23. The second-order valence-electron chi connectivity index (χ2n) is 5.71. The standard InChI is InChI=1S/C19H17F3N4/c1-12-11-17(25-18-15(21)7-4-8-16(18)22)26-19(24-12)23-10-9-13-5-2-3-6-14(13)20/h2-8,11H,9-10H2,1H3,(H2,23,24,25,26). The van der Waals surface area contributed by atoms with Gasteiger partial charge in [0.25, 0.3) is 0 Å². The van der Waals surface area contributed by atoms with E-state index in [-0.39, 0.29) is 17.3 Å². The highest BCUT2D eigenvalue weighted by Gasteiger charge is 2.10. The fourth-order valence-electron chi connectivity index (χ4n) is 2.47. The van der Waals surface area contributed by atoms with Gasteiger partial charge in [-0.25, -0.2) is 18.2 Å². The van der Waals surface area contributed by atoms with Gasteiger partial charge in [0.2, 0.25) is 5.95 Å². The van der Waals surface area contributed by atoms with Crippen molar-refractivity contribution in [2.45, 2.75) is 13.3 Å². The van der Waals surface area contributed by atoms with Gasteiger partial charge < -0.3 is 10.6 Å². The van der Waals surface area contributed by atoms with Crippen LogP contribution in [-0.2, 0) is 6.42 Å². The summed E-state index contributed by atoms with van der Waals surface area (Å²) in [5, 5.41) is 5.64. The second-order valence-corrected chi connectivity index (χ2v) is 5.71. The van der Waals surface area contributed by atoms with Crippen molar-refractivity contribution in [3.05, 3.63) is 77.2 Å². The molecule has 0 atom stereocenters. The number of nitrogens with one attached hydrogen (secondary N) is 2. The number of aromatic nitrogens is 2. The van der Waals surface area contributed by atoms with Crippen LogP contribution in [0.4, 0.5) is 30.6 Å². The zero-order valence-electron chi connectivity index (χ0n) is 14.1. The maximum atomic E-state index is 13.8. The van der Waals surface area contributed by atoms with Crippen LogP contribution < -0.4 is 10.6 Å². The van der Waals surface area contributed by atoms with Crippen molar-refractivity contribution in [2.24, 2.45) is 0 Å². The lowest BCUT2D eigenvalue weighted by Gasteiger charge is -2.11. The molecule has 2 aromatic carbocycles. The molecule has 0 aliphatic heterocycles. The number of hydrogen-bond donors (Lipinski definition) is 2. The molecule has 0 saturated carbocycles. The quantitative estimate of drug-likeness (QED) is 0.676. The predicted molar refractivity (Wildman–Crippen MR) is 95.0 cm³/mol. The van der Waals surface area contributed by atoms with Crippen molar-refractivity contribution < 1.29 is 13.2 Å². The molecule has 3 aromatic rings. The monoisotopic (exact) mass is 358 g/mol. The van der Waals surface area contributed by atoms with Gasteiger partial charge in [-0.05, 0) is 37.1 Å². The van der Waals surface area contributed by atoms with Gasteiger partial charge in [0, 0.05) is 18.3 Å². The molecule has 0 radical (unpaired) electrons. The van der Waals surface area contributed by atoms with E-state index in [0.29, 0.717) is 30.2 Å². The molecule has 0 aliphatic rings. The van der Waals surface area contributed by atoms with Gasteiger partial charge >= 0.3 is 0 Å². The normalized spacial score (nSPS) is 10.6. The summed E-state index contributed by atoms with van der Waals surface area (Å²) in [6.45, 7) is 2.16. The molecule has 1 heterocycles. The molecule has 1 aromatic heterocycles. The van der Waals surface area contributed by atoms with E-state index in [2.05, 4.69) is 20.6 Å². The van der Waals surface area contributed by atoms with Gasteiger partial charge in [0.1, 0.15) is 29.0 Å². The van der Waals surface area contributed by atoms with E-state index < -0.39 is 11.6 Å². The van der Waals surface area contributed by atoms with Crippen LogP contribution in [0, 0.1) is 24.4 Å². The number of halogens is 3. The number of nitrogens with zero attached hydrogens (tertiary/aromatic N) is 2. The molecule has 26 heavy (non-hydrogen) atoms. The first-order valence-corrected chi connectivity index (χ1v) is 8.07. The predicted octanol–water partition coefficient (Wildman–Crippen LogP) is 4.60. The number of aryl methyl sites for hydroxylation is 1. The van der Waals surface area contributed by atoms with E-state index in [1.165, 1.54) is 12.1 Å². The highest BCUT2D eigenvalue weighted by atomic mass is 19.1. The molecule has 4 nitrogen and oxygen atoms in total. The number of hydrogen-bond acceptors (Lipinski definition) is 4. The van der Waals surface area contributed by atoms with Crippen LogP contribution in [0.5, 0.6) is 0 Å². The topological polar surface area (TPSA) is 49.8 Å². The molecule has 0 saturated heterocycles. The average molecular weight is 358 g/mol. The zero-order valence-corrected chi connectivity index (χ0v) is 14.1. The Bertz CT molecular complexity index is 895. The summed E-state index contributed by atoms with van der Waals surface area (Å²) in [5.41, 5.74) is 0.926. The molecule has 0 spiro atoms. The van der Waals surface area contributed by atoms with E-state index in [1.54, 1.807) is 31.2 Å². The maximum Gasteiger partial charge on any atom is 0.224 e. The van der Waals surface area contributed by atoms with Crippen molar-refractivity contribution in [2.75, 3.05) is 17.2 Å². The first-order valence-electron chi connectivity index (χ1n) is 8.07. The van der Waals surface area contributed by atoms with Gasteiger partial charge in [-0.3, -0.25) is 0 Å². The molecule has 134 valence electrons. The van der Waals surface area contributed by atoms with Crippen LogP contribution in [0.3, 0.4) is 0 Å². The van der Waals surface area contributed by atoms with Crippen molar-refractivity contribution in [3.63, 3.8) is 0 Å². The fraction of sp³-hybridized carbons (Fsp3) is 0.158. The minimum atomic E-state index is -0.713. The molecule has 2 N–H and O–H groups in total. The lowest BCUT2D eigenvalue weighted by molar-refractivity contribution is 0.590. The molecule has 0 unspecified atom stereocenters. The minimum absolute atomic E-state index is 0.259. The number of para-hydroxylation sites is 1. The minimum Gasteiger partial charge on any atom is -0.354 e. The molecule has 0 bridgehead atoms. The van der Waals surface area contributed by atoms with E-state index >= 15 is 0 Å². The third-order valence-electron chi connectivity index (χ3n) is 3.71. The Labute approximate surface area is 149 Å². The Morgan fingerprint density at radius 1 is 0.885 bits per heavy atom. The van der Waals surface area contributed by atoms with E-state index in [1.807, 2.05) is 0 Å². The Kier molecular flexibility index (Phi) is 5.36.